The number of fused-ring (bicyclic) bond motifs is 1. The summed E-state index contributed by atoms with van der Waals surface area (Å²) >= 11 is 0. The highest BCUT2D eigenvalue weighted by atomic mass is 16.5. The number of hydrogen-bond donors (Lipinski definition) is 1. The molecule has 2 aliphatic rings. The molecule has 1 aliphatic carbocycles. The van der Waals surface area contributed by atoms with Crippen molar-refractivity contribution in [3.05, 3.63) is 60.2 Å². The summed E-state index contributed by atoms with van der Waals surface area (Å²) in [5, 5.41) is 2.62. The summed E-state index contributed by atoms with van der Waals surface area (Å²) in [6.07, 6.45) is 4.46. The average molecular weight is 479 g/mol. The highest BCUT2D eigenvalue weighted by Crippen LogP contribution is 2.40. The molecule has 182 valence electrons. The van der Waals surface area contributed by atoms with E-state index in [1.165, 1.54) is 43.4 Å². The zero-order chi connectivity index (χ0) is 25.1. The maximum atomic E-state index is 12.9. The number of anilines is 2. The number of rotatable bonds is 7. The fourth-order valence-corrected chi connectivity index (χ4v) is 4.45. The molecule has 0 aromatic heterocycles. The van der Waals surface area contributed by atoms with Gasteiger partial charge in [0.25, 0.3) is 5.91 Å². The van der Waals surface area contributed by atoms with Gasteiger partial charge >= 0.3 is 5.97 Å². The van der Waals surface area contributed by atoms with Crippen LogP contribution in [0, 0.1) is 17.8 Å². The molecule has 0 spiro atoms. The molecule has 1 heterocycles. The number of hydrogen-bond acceptors (Lipinski definition) is 7. The summed E-state index contributed by atoms with van der Waals surface area (Å²) in [7, 11) is 2.98. The van der Waals surface area contributed by atoms with Gasteiger partial charge in [0.2, 0.25) is 11.8 Å². The van der Waals surface area contributed by atoms with Crippen molar-refractivity contribution < 1.29 is 33.4 Å². The molecule has 35 heavy (non-hydrogen) atoms. The summed E-state index contributed by atoms with van der Waals surface area (Å²) in [5.41, 5.74) is 1.00. The van der Waals surface area contributed by atoms with Gasteiger partial charge in [-0.25, -0.2) is 4.79 Å². The molecule has 3 amide bonds. The molecule has 0 radical (unpaired) electrons. The van der Waals surface area contributed by atoms with Crippen LogP contribution in [0.5, 0.6) is 11.5 Å². The first-order chi connectivity index (χ1) is 16.8. The Morgan fingerprint density at radius 1 is 1.03 bits per heavy atom. The summed E-state index contributed by atoms with van der Waals surface area (Å²) in [6, 6.07) is 10.9. The fraction of sp³-hybridized carbons (Fsp3) is 0.308. The normalized spacial score (nSPS) is 20.9. The van der Waals surface area contributed by atoms with Crippen molar-refractivity contribution in [1.82, 2.24) is 0 Å². The number of carbonyl (C=O) groups is 4. The first-order valence-electron chi connectivity index (χ1n) is 11.2. The maximum absolute atomic E-state index is 12.9. The van der Waals surface area contributed by atoms with Gasteiger partial charge in [0, 0.05) is 6.07 Å². The lowest BCUT2D eigenvalue weighted by molar-refractivity contribution is -0.123. The van der Waals surface area contributed by atoms with Gasteiger partial charge in [0.05, 0.1) is 43.0 Å². The molecular weight excluding hydrogens is 452 g/mol. The van der Waals surface area contributed by atoms with Gasteiger partial charge in [-0.2, -0.15) is 0 Å². The third kappa shape index (κ3) is 4.75. The molecule has 3 atom stereocenters. The first-order valence-corrected chi connectivity index (χ1v) is 11.2. The summed E-state index contributed by atoms with van der Waals surface area (Å²) < 4.78 is 15.5. The number of benzene rings is 2. The lowest BCUT2D eigenvalue weighted by Crippen LogP contribution is -2.31. The van der Waals surface area contributed by atoms with Crippen molar-refractivity contribution >= 4 is 35.1 Å². The second-order valence-corrected chi connectivity index (χ2v) is 8.40. The van der Waals surface area contributed by atoms with Gasteiger partial charge in [-0.3, -0.25) is 19.3 Å². The largest absolute Gasteiger partial charge is 0.497 e. The molecule has 1 N–H and O–H groups in total. The lowest BCUT2D eigenvalue weighted by Gasteiger charge is -2.22. The van der Waals surface area contributed by atoms with Gasteiger partial charge in [-0.1, -0.05) is 19.1 Å². The van der Waals surface area contributed by atoms with Crippen LogP contribution in [0.1, 0.15) is 23.7 Å². The van der Waals surface area contributed by atoms with Crippen LogP contribution in [0.2, 0.25) is 0 Å². The monoisotopic (exact) mass is 478 g/mol. The van der Waals surface area contributed by atoms with E-state index < -0.39 is 18.5 Å². The number of ether oxygens (including phenoxy) is 3. The van der Waals surface area contributed by atoms with E-state index in [4.69, 9.17) is 14.2 Å². The highest BCUT2D eigenvalue weighted by molar-refractivity contribution is 6.22. The number of imide groups is 1. The minimum absolute atomic E-state index is 0.00604. The minimum atomic E-state index is -0.709. The predicted octanol–water partition coefficient (Wildman–Crippen LogP) is 3.20. The zero-order valence-corrected chi connectivity index (χ0v) is 19.6. The van der Waals surface area contributed by atoms with Crippen LogP contribution in [0.25, 0.3) is 0 Å². The maximum Gasteiger partial charge on any atom is 0.338 e. The number of methoxy groups -OCH3 is 2. The Morgan fingerprint density at radius 2 is 1.77 bits per heavy atom. The van der Waals surface area contributed by atoms with Crippen molar-refractivity contribution in [2.75, 3.05) is 31.0 Å². The van der Waals surface area contributed by atoms with Gasteiger partial charge in [0.1, 0.15) is 11.5 Å². The Hall–Kier alpha value is -4.14. The smallest absolute Gasteiger partial charge is 0.338 e. The van der Waals surface area contributed by atoms with Crippen molar-refractivity contribution in [2.45, 2.75) is 13.3 Å². The van der Waals surface area contributed by atoms with Gasteiger partial charge in [-0.05, 0) is 48.7 Å². The van der Waals surface area contributed by atoms with Crippen molar-refractivity contribution in [2.24, 2.45) is 17.8 Å². The Morgan fingerprint density at radius 3 is 2.43 bits per heavy atom. The summed E-state index contributed by atoms with van der Waals surface area (Å²) in [6.45, 7) is 1.43. The van der Waals surface area contributed by atoms with E-state index >= 15 is 0 Å². The molecule has 2 aromatic carbocycles. The predicted molar refractivity (Wildman–Crippen MR) is 127 cm³/mol. The van der Waals surface area contributed by atoms with E-state index in [-0.39, 0.29) is 35.1 Å². The third-order valence-electron chi connectivity index (χ3n) is 6.25. The number of carbonyl (C=O) groups excluding carboxylic acids is 4. The van der Waals surface area contributed by atoms with Crippen LogP contribution in [-0.4, -0.2) is 44.5 Å². The standard InChI is InChI=1S/C26H26N2O7/c1-15-5-4-6-19-23(15)25(31)28(24(19)30)17-9-7-16(8-10-17)26(32)35-14-22(29)27-20-12-11-18(33-2)13-21(20)34-3/h4-5,7-13,15,19,23H,6,14H2,1-3H3,(H,27,29)/t15-,19-,23+/m1/s1. The number of amides is 3. The van der Waals surface area contributed by atoms with Crippen molar-refractivity contribution in [1.29, 1.82) is 0 Å². The molecule has 0 unspecified atom stereocenters. The van der Waals surface area contributed by atoms with Crippen LogP contribution < -0.4 is 19.7 Å². The van der Waals surface area contributed by atoms with Crippen LogP contribution in [0.4, 0.5) is 11.4 Å². The number of nitrogens with zero attached hydrogens (tertiary/aromatic N) is 1. The Labute approximate surface area is 202 Å². The lowest BCUT2D eigenvalue weighted by atomic mass is 9.78. The molecule has 2 aromatic rings. The molecule has 0 bridgehead atoms. The van der Waals surface area contributed by atoms with Crippen LogP contribution in [0.15, 0.2) is 54.6 Å². The summed E-state index contributed by atoms with van der Waals surface area (Å²) in [4.78, 5) is 51.6. The quantitative estimate of drug-likeness (QED) is 0.370. The Bertz CT molecular complexity index is 1190. The SMILES string of the molecule is COc1ccc(NC(=O)COC(=O)c2ccc(N3C(=O)[C@H]4[C@H](C)C=CC[C@H]4C3=O)cc2)c(OC)c1. The van der Waals surface area contributed by atoms with Gasteiger partial charge < -0.3 is 19.5 Å². The van der Waals surface area contributed by atoms with E-state index in [2.05, 4.69) is 5.32 Å². The topological polar surface area (TPSA) is 111 Å². The zero-order valence-electron chi connectivity index (χ0n) is 19.6. The number of allylic oxidation sites excluding steroid dienone is 2. The van der Waals surface area contributed by atoms with Gasteiger partial charge in [0.15, 0.2) is 6.61 Å². The molecule has 1 fully saturated rings. The Kier molecular flexibility index (Phi) is 6.86. The van der Waals surface area contributed by atoms with Crippen LogP contribution in [-0.2, 0) is 19.1 Å². The van der Waals surface area contributed by atoms with Crippen molar-refractivity contribution in [3.8, 4) is 11.5 Å². The average Bonchev–Trinajstić information content (AvgIpc) is 3.13. The number of esters is 1. The molecule has 0 saturated carbocycles. The molecular formula is C26H26N2O7. The molecule has 1 saturated heterocycles. The second kappa shape index (κ2) is 10.0. The van der Waals surface area contributed by atoms with E-state index in [1.807, 2.05) is 19.1 Å². The second-order valence-electron chi connectivity index (χ2n) is 8.40. The third-order valence-corrected chi connectivity index (χ3v) is 6.25. The fourth-order valence-electron chi connectivity index (χ4n) is 4.45. The molecule has 9 heteroatoms. The molecule has 4 rings (SSSR count). The van der Waals surface area contributed by atoms with Crippen molar-refractivity contribution in [3.63, 3.8) is 0 Å². The molecule has 9 nitrogen and oxygen atoms in total. The number of nitrogens with one attached hydrogen (secondary N) is 1. The van der Waals surface area contributed by atoms with Crippen LogP contribution in [0.3, 0.4) is 0 Å². The van der Waals surface area contributed by atoms with Gasteiger partial charge in [-0.15, -0.1) is 0 Å². The van der Waals surface area contributed by atoms with E-state index in [9.17, 15) is 19.2 Å². The molecule has 1 aliphatic heterocycles. The van der Waals surface area contributed by atoms with E-state index in [1.54, 1.807) is 18.2 Å². The minimum Gasteiger partial charge on any atom is -0.497 e. The van der Waals surface area contributed by atoms with E-state index in [0.717, 1.165) is 0 Å². The summed E-state index contributed by atoms with van der Waals surface area (Å²) in [5.74, 6) is -1.46. The highest BCUT2D eigenvalue weighted by Gasteiger charge is 2.50. The van der Waals surface area contributed by atoms with Crippen LogP contribution >= 0.6 is 0 Å². The Balaban J connectivity index is 1.36. The first kappa shape index (κ1) is 24.0. The van der Waals surface area contributed by atoms with E-state index in [0.29, 0.717) is 29.3 Å².